The number of amides is 1. The maximum absolute atomic E-state index is 14.5. The van der Waals surface area contributed by atoms with Crippen molar-refractivity contribution in [2.75, 3.05) is 18.2 Å². The largest absolute Gasteiger partial charge is 0.497 e. The van der Waals surface area contributed by atoms with Gasteiger partial charge in [-0.05, 0) is 48.5 Å². The molecule has 1 amide bonds. The van der Waals surface area contributed by atoms with E-state index < -0.39 is 23.4 Å². The van der Waals surface area contributed by atoms with Crippen LogP contribution in [-0.2, 0) is 4.79 Å². The molecule has 0 spiro atoms. The molecule has 0 aliphatic heterocycles. The van der Waals surface area contributed by atoms with Crippen molar-refractivity contribution < 1.29 is 22.7 Å². The fourth-order valence-corrected chi connectivity index (χ4v) is 3.80. The summed E-state index contributed by atoms with van der Waals surface area (Å²) in [5, 5.41) is 11.1. The summed E-state index contributed by atoms with van der Waals surface area (Å²) in [5.74, 6) is -2.18. The van der Waals surface area contributed by atoms with Crippen LogP contribution in [0.15, 0.2) is 71.9 Å². The molecule has 1 heterocycles. The van der Waals surface area contributed by atoms with E-state index >= 15 is 0 Å². The van der Waals surface area contributed by atoms with E-state index in [9.17, 15) is 18.0 Å². The van der Waals surface area contributed by atoms with Crippen LogP contribution < -0.4 is 10.1 Å². The van der Waals surface area contributed by atoms with Crippen LogP contribution in [0, 0.1) is 17.5 Å². The summed E-state index contributed by atoms with van der Waals surface area (Å²) in [5.41, 5.74) is 1.02. The van der Waals surface area contributed by atoms with Gasteiger partial charge >= 0.3 is 0 Å². The molecule has 0 fully saturated rings. The van der Waals surface area contributed by atoms with Crippen LogP contribution in [0.5, 0.6) is 5.75 Å². The van der Waals surface area contributed by atoms with Gasteiger partial charge in [0, 0.05) is 11.8 Å². The Kier molecular flexibility index (Phi) is 6.64. The van der Waals surface area contributed by atoms with Gasteiger partial charge in [-0.1, -0.05) is 23.9 Å². The summed E-state index contributed by atoms with van der Waals surface area (Å²) in [6.45, 7) is 0. The van der Waals surface area contributed by atoms with E-state index in [2.05, 4.69) is 15.5 Å². The highest BCUT2D eigenvalue weighted by molar-refractivity contribution is 7.99. The number of thioether (sulfide) groups is 1. The summed E-state index contributed by atoms with van der Waals surface area (Å²) >= 11 is 1.06. The number of benzene rings is 3. The minimum Gasteiger partial charge on any atom is -0.497 e. The Bertz CT molecular complexity index is 1300. The molecule has 10 heteroatoms. The third kappa shape index (κ3) is 5.01. The molecule has 0 bridgehead atoms. The number of anilines is 1. The van der Waals surface area contributed by atoms with Crippen molar-refractivity contribution in [3.05, 3.63) is 84.2 Å². The van der Waals surface area contributed by atoms with E-state index in [0.29, 0.717) is 16.6 Å². The first-order valence-corrected chi connectivity index (χ1v) is 10.7. The van der Waals surface area contributed by atoms with Gasteiger partial charge in [-0.15, -0.1) is 10.2 Å². The van der Waals surface area contributed by atoms with Crippen molar-refractivity contribution in [2.45, 2.75) is 5.16 Å². The molecular formula is C23H17F3N4O2S. The van der Waals surface area contributed by atoms with E-state index in [1.165, 1.54) is 12.1 Å². The molecule has 168 valence electrons. The van der Waals surface area contributed by atoms with E-state index in [-0.39, 0.29) is 22.8 Å². The van der Waals surface area contributed by atoms with Crippen molar-refractivity contribution in [2.24, 2.45) is 0 Å². The van der Waals surface area contributed by atoms with E-state index in [1.54, 1.807) is 54.1 Å². The maximum atomic E-state index is 14.5. The monoisotopic (exact) mass is 470 g/mol. The topological polar surface area (TPSA) is 69.0 Å². The molecule has 33 heavy (non-hydrogen) atoms. The van der Waals surface area contributed by atoms with Crippen LogP contribution in [0.25, 0.3) is 17.1 Å². The molecule has 1 aromatic heterocycles. The van der Waals surface area contributed by atoms with Crippen LogP contribution in [0.4, 0.5) is 18.9 Å². The normalized spacial score (nSPS) is 10.8. The van der Waals surface area contributed by atoms with Gasteiger partial charge in [0.2, 0.25) is 5.91 Å². The Morgan fingerprint density at radius 2 is 1.73 bits per heavy atom. The smallest absolute Gasteiger partial charge is 0.234 e. The zero-order chi connectivity index (χ0) is 23.4. The molecule has 1 N–H and O–H groups in total. The van der Waals surface area contributed by atoms with Gasteiger partial charge < -0.3 is 10.1 Å². The molecule has 0 aliphatic carbocycles. The minimum atomic E-state index is -1.06. The number of nitrogens with zero attached hydrogens (tertiary/aromatic N) is 3. The third-order valence-corrected chi connectivity index (χ3v) is 5.54. The standard InChI is InChI=1S/C23H17F3N4O2S/c1-32-16-9-7-15(8-10-16)30-22(17-4-2-3-5-18(17)24)28-29-23(30)33-13-21(31)27-14-6-11-19(25)20(26)12-14/h2-12H,13H2,1H3,(H,27,31). The maximum Gasteiger partial charge on any atom is 0.234 e. The van der Waals surface area contributed by atoms with Gasteiger partial charge in [-0.3, -0.25) is 9.36 Å². The van der Waals surface area contributed by atoms with Gasteiger partial charge in [-0.25, -0.2) is 13.2 Å². The Labute approximate surface area is 191 Å². The van der Waals surface area contributed by atoms with Crippen LogP contribution in [0.1, 0.15) is 0 Å². The van der Waals surface area contributed by atoms with Crippen molar-refractivity contribution >= 4 is 23.4 Å². The Morgan fingerprint density at radius 3 is 2.42 bits per heavy atom. The number of carbonyl (C=O) groups is 1. The van der Waals surface area contributed by atoms with Crippen LogP contribution in [-0.4, -0.2) is 33.5 Å². The van der Waals surface area contributed by atoms with Gasteiger partial charge in [-0.2, -0.15) is 0 Å². The number of rotatable bonds is 7. The van der Waals surface area contributed by atoms with Gasteiger partial charge in [0.25, 0.3) is 0 Å². The molecule has 0 saturated carbocycles. The highest BCUT2D eigenvalue weighted by Gasteiger charge is 2.19. The number of hydrogen-bond donors (Lipinski definition) is 1. The average molecular weight is 470 g/mol. The lowest BCUT2D eigenvalue weighted by atomic mass is 10.2. The van der Waals surface area contributed by atoms with Crippen LogP contribution in [0.2, 0.25) is 0 Å². The lowest BCUT2D eigenvalue weighted by Crippen LogP contribution is -2.15. The summed E-state index contributed by atoms with van der Waals surface area (Å²) < 4.78 is 47.8. The molecule has 3 aromatic carbocycles. The Hall–Kier alpha value is -3.79. The summed E-state index contributed by atoms with van der Waals surface area (Å²) in [4.78, 5) is 12.4. The Balaban J connectivity index is 1.61. The van der Waals surface area contributed by atoms with E-state index in [4.69, 9.17) is 4.74 Å². The number of aromatic nitrogens is 3. The first kappa shape index (κ1) is 22.4. The van der Waals surface area contributed by atoms with Gasteiger partial charge in [0.15, 0.2) is 22.6 Å². The van der Waals surface area contributed by atoms with E-state index in [0.717, 1.165) is 23.9 Å². The number of ether oxygens (including phenoxy) is 1. The summed E-state index contributed by atoms with van der Waals surface area (Å²) in [7, 11) is 1.55. The molecule has 0 aliphatic rings. The number of nitrogens with one attached hydrogen (secondary N) is 1. The fraction of sp³-hybridized carbons (Fsp3) is 0.0870. The molecule has 6 nitrogen and oxygen atoms in total. The number of halogens is 3. The Morgan fingerprint density at radius 1 is 0.970 bits per heavy atom. The zero-order valence-corrected chi connectivity index (χ0v) is 18.1. The van der Waals surface area contributed by atoms with Crippen LogP contribution in [0.3, 0.4) is 0 Å². The highest BCUT2D eigenvalue weighted by Crippen LogP contribution is 2.30. The summed E-state index contributed by atoms with van der Waals surface area (Å²) in [6.07, 6.45) is 0. The number of hydrogen-bond acceptors (Lipinski definition) is 5. The van der Waals surface area contributed by atoms with Gasteiger partial charge in [0.05, 0.1) is 24.1 Å². The quantitative estimate of drug-likeness (QED) is 0.381. The molecule has 4 aromatic rings. The van der Waals surface area contributed by atoms with E-state index in [1.807, 2.05) is 0 Å². The number of methoxy groups -OCH3 is 1. The van der Waals surface area contributed by atoms with Crippen molar-refractivity contribution in [1.82, 2.24) is 14.8 Å². The predicted molar refractivity (Wildman–Crippen MR) is 119 cm³/mol. The molecule has 0 atom stereocenters. The first-order valence-electron chi connectivity index (χ1n) is 9.68. The molecule has 0 saturated heterocycles. The molecular weight excluding hydrogens is 453 g/mol. The predicted octanol–water partition coefficient (Wildman–Crippen LogP) is 5.09. The first-order chi connectivity index (χ1) is 16.0. The molecule has 0 radical (unpaired) electrons. The minimum absolute atomic E-state index is 0.0927. The van der Waals surface area contributed by atoms with Crippen molar-refractivity contribution in [3.63, 3.8) is 0 Å². The highest BCUT2D eigenvalue weighted by atomic mass is 32.2. The SMILES string of the molecule is COc1ccc(-n2c(SCC(=O)Nc3ccc(F)c(F)c3)nnc2-c2ccccc2F)cc1. The number of carbonyl (C=O) groups excluding carboxylic acids is 1. The average Bonchev–Trinajstić information content (AvgIpc) is 3.24. The molecule has 4 rings (SSSR count). The molecule has 0 unspecified atom stereocenters. The van der Waals surface area contributed by atoms with Crippen molar-refractivity contribution in [1.29, 1.82) is 0 Å². The zero-order valence-electron chi connectivity index (χ0n) is 17.3. The third-order valence-electron chi connectivity index (χ3n) is 4.61. The second-order valence-corrected chi connectivity index (χ2v) is 7.73. The second kappa shape index (κ2) is 9.78. The summed E-state index contributed by atoms with van der Waals surface area (Å²) in [6, 6.07) is 16.3. The van der Waals surface area contributed by atoms with Gasteiger partial charge in [0.1, 0.15) is 11.6 Å². The van der Waals surface area contributed by atoms with Crippen LogP contribution >= 0.6 is 11.8 Å². The van der Waals surface area contributed by atoms with Crippen molar-refractivity contribution in [3.8, 4) is 22.8 Å². The second-order valence-electron chi connectivity index (χ2n) is 6.79. The fourth-order valence-electron chi connectivity index (χ4n) is 3.05. The lowest BCUT2D eigenvalue weighted by Gasteiger charge is -2.11. The lowest BCUT2D eigenvalue weighted by molar-refractivity contribution is -0.113.